The molecule has 0 unspecified atom stereocenters. The summed E-state index contributed by atoms with van der Waals surface area (Å²) in [4.78, 5) is 16.5. The molecule has 0 aliphatic heterocycles. The number of benzene rings is 2. The Kier molecular flexibility index (Phi) is 5.88. The zero-order valence-corrected chi connectivity index (χ0v) is 15.1. The summed E-state index contributed by atoms with van der Waals surface area (Å²) >= 11 is 0. The fourth-order valence-corrected chi connectivity index (χ4v) is 2.69. The highest BCUT2D eigenvalue weighted by molar-refractivity contribution is 5.90. The summed E-state index contributed by atoms with van der Waals surface area (Å²) in [5.41, 5.74) is 0.871. The molecule has 0 spiro atoms. The molecule has 1 heterocycles. The van der Waals surface area contributed by atoms with Gasteiger partial charge in [-0.1, -0.05) is 24.8 Å². The van der Waals surface area contributed by atoms with Crippen LogP contribution in [-0.2, 0) is 11.3 Å². The van der Waals surface area contributed by atoms with Crippen LogP contribution in [0.1, 0.15) is 22.7 Å². The van der Waals surface area contributed by atoms with Gasteiger partial charge in [-0.25, -0.2) is 9.78 Å². The van der Waals surface area contributed by atoms with Crippen molar-refractivity contribution in [3.8, 4) is 11.5 Å². The highest BCUT2D eigenvalue weighted by Crippen LogP contribution is 2.29. The van der Waals surface area contributed by atoms with E-state index in [-0.39, 0.29) is 23.5 Å². The molecule has 0 radical (unpaired) electrons. The van der Waals surface area contributed by atoms with Gasteiger partial charge in [0.2, 0.25) is 0 Å². The molecule has 0 amide bonds. The molecule has 0 saturated carbocycles. The van der Waals surface area contributed by atoms with Crippen LogP contribution >= 0.6 is 0 Å². The number of imidazole rings is 1. The predicted molar refractivity (Wildman–Crippen MR) is 98.8 cm³/mol. The molecule has 0 aliphatic carbocycles. The van der Waals surface area contributed by atoms with Crippen molar-refractivity contribution in [2.75, 3.05) is 13.7 Å². The smallest absolute Gasteiger partial charge is 0.338 e. The number of hydrogen-bond acceptors (Lipinski definition) is 5. The lowest BCUT2D eigenvalue weighted by Gasteiger charge is -2.11. The lowest BCUT2D eigenvalue weighted by molar-refractivity contribution is 0.0387. The quantitative estimate of drug-likeness (QED) is 0.424. The average molecular weight is 388 g/mol. The van der Waals surface area contributed by atoms with Crippen LogP contribution in [-0.4, -0.2) is 29.2 Å². The number of fused-ring (bicyclic) bond motifs is 1. The van der Waals surface area contributed by atoms with E-state index in [0.29, 0.717) is 17.0 Å². The zero-order chi connectivity index (χ0) is 20.1. The number of nitrogens with zero attached hydrogens (tertiary/aromatic N) is 2. The second kappa shape index (κ2) is 8.51. The normalized spacial score (nSPS) is 10.9. The van der Waals surface area contributed by atoms with Gasteiger partial charge >= 0.3 is 12.5 Å². The Morgan fingerprint density at radius 1 is 1.25 bits per heavy atom. The first-order valence-corrected chi connectivity index (χ1v) is 8.38. The maximum absolute atomic E-state index is 13.4. The number of halogens is 2. The summed E-state index contributed by atoms with van der Waals surface area (Å²) in [7, 11) is 1.44. The van der Waals surface area contributed by atoms with Crippen molar-refractivity contribution >= 4 is 17.0 Å². The molecule has 6 nitrogen and oxygen atoms in total. The third-order valence-electron chi connectivity index (χ3n) is 3.95. The second-order valence-electron chi connectivity index (χ2n) is 5.71. The fraction of sp³-hybridized carbons (Fsp3) is 0.200. The Bertz CT molecular complexity index is 1000. The van der Waals surface area contributed by atoms with E-state index in [9.17, 15) is 13.6 Å². The first-order valence-electron chi connectivity index (χ1n) is 8.38. The number of methoxy groups -OCH3 is 1. The molecular weight excluding hydrogens is 370 g/mol. The number of carbonyl (C=O) groups is 1. The molecule has 0 fully saturated rings. The van der Waals surface area contributed by atoms with E-state index in [2.05, 4.69) is 11.6 Å². The van der Waals surface area contributed by atoms with Crippen LogP contribution in [0, 0.1) is 0 Å². The number of para-hydroxylation sites is 2. The Labute approximate surface area is 160 Å². The molecule has 146 valence electrons. The number of hydrogen-bond donors (Lipinski definition) is 0. The molecular formula is C20H18F2N2O4. The maximum Gasteiger partial charge on any atom is 0.338 e. The lowest BCUT2D eigenvalue weighted by Crippen LogP contribution is -2.11. The highest BCUT2D eigenvalue weighted by atomic mass is 19.3. The molecule has 0 saturated heterocycles. The van der Waals surface area contributed by atoms with Crippen LogP contribution in [0.5, 0.6) is 11.5 Å². The van der Waals surface area contributed by atoms with Crippen molar-refractivity contribution in [1.29, 1.82) is 0 Å². The van der Waals surface area contributed by atoms with Crippen LogP contribution in [0.4, 0.5) is 8.78 Å². The van der Waals surface area contributed by atoms with Gasteiger partial charge < -0.3 is 14.2 Å². The maximum atomic E-state index is 13.4. The predicted octanol–water partition coefficient (Wildman–Crippen LogP) is 4.36. The molecule has 3 aromatic rings. The first kappa shape index (κ1) is 19.3. The van der Waals surface area contributed by atoms with E-state index in [0.717, 1.165) is 4.57 Å². The molecule has 2 aromatic carbocycles. The summed E-state index contributed by atoms with van der Waals surface area (Å²) in [5.74, 6) is 0.0541. The van der Waals surface area contributed by atoms with Crippen molar-refractivity contribution < 1.29 is 27.8 Å². The number of esters is 1. The molecule has 0 aliphatic rings. The minimum Gasteiger partial charge on any atom is -0.493 e. The second-order valence-corrected chi connectivity index (χ2v) is 5.71. The average Bonchev–Trinajstić information content (AvgIpc) is 3.08. The minimum absolute atomic E-state index is 0.0394. The largest absolute Gasteiger partial charge is 0.493 e. The third-order valence-corrected chi connectivity index (χ3v) is 3.95. The van der Waals surface area contributed by atoms with E-state index in [4.69, 9.17) is 14.2 Å². The number of ether oxygens (including phenoxy) is 3. The van der Waals surface area contributed by atoms with Gasteiger partial charge in [0.05, 0.1) is 23.7 Å². The number of rotatable bonds is 8. The fourth-order valence-electron chi connectivity index (χ4n) is 2.69. The van der Waals surface area contributed by atoms with Gasteiger partial charge in [-0.3, -0.25) is 4.57 Å². The van der Waals surface area contributed by atoms with Gasteiger partial charge in [0, 0.05) is 0 Å². The van der Waals surface area contributed by atoms with Crippen molar-refractivity contribution in [3.05, 3.63) is 66.5 Å². The van der Waals surface area contributed by atoms with Gasteiger partial charge in [-0.05, 0) is 30.3 Å². The van der Waals surface area contributed by atoms with Crippen LogP contribution in [0.2, 0.25) is 0 Å². The Hall–Kier alpha value is -3.42. The van der Waals surface area contributed by atoms with E-state index in [1.807, 2.05) is 0 Å². The molecule has 28 heavy (non-hydrogen) atoms. The number of carbonyl (C=O) groups excluding carboxylic acids is 1. The zero-order valence-electron chi connectivity index (χ0n) is 15.1. The van der Waals surface area contributed by atoms with E-state index < -0.39 is 19.1 Å². The monoisotopic (exact) mass is 388 g/mol. The number of aromatic nitrogens is 2. The van der Waals surface area contributed by atoms with Crippen molar-refractivity contribution in [2.45, 2.75) is 13.2 Å². The summed E-state index contributed by atoms with van der Waals surface area (Å²) in [5, 5.41) is 0. The molecule has 3 rings (SSSR count). The van der Waals surface area contributed by atoms with Crippen molar-refractivity contribution in [1.82, 2.24) is 9.55 Å². The molecule has 8 heteroatoms. The number of alkyl halides is 2. The SMILES string of the molecule is C=CCOc1ccc(C(=O)OCc2nc3ccccc3n2C(F)F)cc1OC. The van der Waals surface area contributed by atoms with Gasteiger partial charge in [0.25, 0.3) is 0 Å². The van der Waals surface area contributed by atoms with Gasteiger partial charge in [0.15, 0.2) is 17.3 Å². The molecule has 0 atom stereocenters. The Balaban J connectivity index is 1.78. The third kappa shape index (κ3) is 3.95. The first-order chi connectivity index (χ1) is 13.5. The van der Waals surface area contributed by atoms with Gasteiger partial charge in [-0.15, -0.1) is 0 Å². The van der Waals surface area contributed by atoms with E-state index in [1.165, 1.54) is 25.3 Å². The Morgan fingerprint density at radius 3 is 2.75 bits per heavy atom. The van der Waals surface area contributed by atoms with Crippen LogP contribution in [0.15, 0.2) is 55.1 Å². The lowest BCUT2D eigenvalue weighted by atomic mass is 10.2. The van der Waals surface area contributed by atoms with E-state index in [1.54, 1.807) is 30.3 Å². The Morgan fingerprint density at radius 2 is 2.04 bits per heavy atom. The van der Waals surface area contributed by atoms with Crippen LogP contribution < -0.4 is 9.47 Å². The summed E-state index contributed by atoms with van der Waals surface area (Å²) in [6, 6.07) is 11.0. The van der Waals surface area contributed by atoms with Gasteiger partial charge in [-0.2, -0.15) is 8.78 Å². The van der Waals surface area contributed by atoms with Crippen LogP contribution in [0.3, 0.4) is 0 Å². The minimum atomic E-state index is -2.80. The topological polar surface area (TPSA) is 62.6 Å². The molecule has 0 N–H and O–H groups in total. The van der Waals surface area contributed by atoms with Crippen molar-refractivity contribution in [3.63, 3.8) is 0 Å². The van der Waals surface area contributed by atoms with Gasteiger partial charge in [0.1, 0.15) is 13.2 Å². The highest BCUT2D eigenvalue weighted by Gasteiger charge is 2.19. The molecule has 1 aromatic heterocycles. The standard InChI is InChI=1S/C20H18F2N2O4/c1-3-10-27-16-9-8-13(11-17(16)26-2)19(25)28-12-18-23-14-6-4-5-7-15(14)24(18)20(21)22/h3-9,11,20H,1,10,12H2,2H3. The van der Waals surface area contributed by atoms with Crippen molar-refractivity contribution in [2.24, 2.45) is 0 Å². The van der Waals surface area contributed by atoms with E-state index >= 15 is 0 Å². The molecule has 0 bridgehead atoms. The summed E-state index contributed by atoms with van der Waals surface area (Å²) in [6.07, 6.45) is 1.58. The summed E-state index contributed by atoms with van der Waals surface area (Å²) in [6.45, 7) is 0.649. The summed E-state index contributed by atoms with van der Waals surface area (Å²) < 4.78 is 43.4. The van der Waals surface area contributed by atoms with Crippen LogP contribution in [0.25, 0.3) is 11.0 Å².